The molecule has 1 spiro atoms. The molecular formula is C21H17F2NO3. The molecule has 0 unspecified atom stereocenters. The maximum absolute atomic E-state index is 13.4. The number of carbonyl (C=O) groups excluding carboxylic acids is 1. The van der Waals surface area contributed by atoms with E-state index in [4.69, 9.17) is 0 Å². The molecule has 0 radical (unpaired) electrons. The molecule has 0 saturated carbocycles. The molecule has 0 atom stereocenters. The summed E-state index contributed by atoms with van der Waals surface area (Å²) in [5.41, 5.74) is 2.60. The summed E-state index contributed by atoms with van der Waals surface area (Å²) in [5, 5.41) is 0. The van der Waals surface area contributed by atoms with Crippen molar-refractivity contribution in [3.05, 3.63) is 65.2 Å². The molecule has 2 aromatic carbocycles. The monoisotopic (exact) mass is 369 g/mol. The number of halogens is 2. The molecule has 0 aromatic heterocycles. The molecule has 1 saturated heterocycles. The van der Waals surface area contributed by atoms with E-state index in [2.05, 4.69) is 33.8 Å². The normalized spacial score (nSPS) is 20.7. The third kappa shape index (κ3) is 2.51. The van der Waals surface area contributed by atoms with Crippen molar-refractivity contribution in [3.63, 3.8) is 0 Å². The smallest absolute Gasteiger partial charge is 0.395 e. The maximum Gasteiger partial charge on any atom is 0.586 e. The number of fused-ring (bicyclic) bond motifs is 3. The summed E-state index contributed by atoms with van der Waals surface area (Å²) in [4.78, 5) is 14.7. The molecule has 0 N–H and O–H groups in total. The number of likely N-dealkylation sites (tertiary alicyclic amines) is 1. The first-order chi connectivity index (χ1) is 13.0. The molecule has 5 rings (SSSR count). The summed E-state index contributed by atoms with van der Waals surface area (Å²) in [6.07, 6.45) is 2.24. The van der Waals surface area contributed by atoms with Crippen molar-refractivity contribution < 1.29 is 23.0 Å². The van der Waals surface area contributed by atoms with Crippen molar-refractivity contribution in [1.82, 2.24) is 4.90 Å². The fourth-order valence-corrected chi connectivity index (χ4v) is 4.29. The average molecular weight is 369 g/mol. The van der Waals surface area contributed by atoms with E-state index in [0.29, 0.717) is 13.1 Å². The van der Waals surface area contributed by atoms with Crippen LogP contribution in [0, 0.1) is 0 Å². The summed E-state index contributed by atoms with van der Waals surface area (Å²) in [6, 6.07) is 12.7. The van der Waals surface area contributed by atoms with Crippen LogP contribution in [0.4, 0.5) is 8.78 Å². The summed E-state index contributed by atoms with van der Waals surface area (Å²) < 4.78 is 35.8. The van der Waals surface area contributed by atoms with Gasteiger partial charge in [-0.3, -0.25) is 4.79 Å². The van der Waals surface area contributed by atoms with E-state index in [9.17, 15) is 13.6 Å². The first-order valence-electron chi connectivity index (χ1n) is 8.94. The van der Waals surface area contributed by atoms with Gasteiger partial charge in [-0.25, -0.2) is 0 Å². The molecule has 2 aliphatic heterocycles. The molecule has 2 aromatic rings. The minimum atomic E-state index is -3.73. The Bertz CT molecular complexity index is 962. The molecule has 1 fully saturated rings. The predicted octanol–water partition coefficient (Wildman–Crippen LogP) is 4.21. The van der Waals surface area contributed by atoms with Gasteiger partial charge in [-0.1, -0.05) is 42.5 Å². The van der Waals surface area contributed by atoms with Gasteiger partial charge >= 0.3 is 6.29 Å². The molecule has 4 nitrogen and oxygen atoms in total. The Hall–Kier alpha value is -2.89. The Morgan fingerprint density at radius 2 is 1.78 bits per heavy atom. The van der Waals surface area contributed by atoms with E-state index < -0.39 is 6.29 Å². The highest BCUT2D eigenvalue weighted by Gasteiger charge is 2.46. The number of piperidine rings is 1. The number of hydrogen-bond acceptors (Lipinski definition) is 3. The minimum Gasteiger partial charge on any atom is -0.395 e. The standard InChI is InChI=1S/C21H17F2NO3/c22-21(23)26-17-7-3-5-15(18(17)27-21)19(25)24-12-10-20(11-13-24)9-8-14-4-1-2-6-16(14)20/h1-9H,10-13H2. The average Bonchev–Trinajstić information content (AvgIpc) is 3.18. The molecule has 0 bridgehead atoms. The van der Waals surface area contributed by atoms with Gasteiger partial charge in [0.1, 0.15) is 0 Å². The van der Waals surface area contributed by atoms with Crippen LogP contribution < -0.4 is 9.47 Å². The first kappa shape index (κ1) is 16.3. The van der Waals surface area contributed by atoms with Gasteiger partial charge in [0.05, 0.1) is 5.56 Å². The molecule has 2 heterocycles. The van der Waals surface area contributed by atoms with E-state index in [0.717, 1.165) is 12.8 Å². The third-order valence-corrected chi connectivity index (χ3v) is 5.68. The van der Waals surface area contributed by atoms with Gasteiger partial charge in [0.2, 0.25) is 0 Å². The number of allylic oxidation sites excluding steroid dienone is 1. The lowest BCUT2D eigenvalue weighted by molar-refractivity contribution is -0.286. The number of ether oxygens (including phenoxy) is 2. The van der Waals surface area contributed by atoms with Crippen LogP contribution in [-0.4, -0.2) is 30.2 Å². The lowest BCUT2D eigenvalue weighted by Crippen LogP contribution is -2.44. The summed E-state index contributed by atoms with van der Waals surface area (Å²) in [7, 11) is 0. The van der Waals surface area contributed by atoms with Gasteiger partial charge in [-0.05, 0) is 36.1 Å². The fraction of sp³-hybridized carbons (Fsp3) is 0.286. The zero-order valence-corrected chi connectivity index (χ0v) is 14.5. The number of nitrogens with zero attached hydrogens (tertiary/aromatic N) is 1. The van der Waals surface area contributed by atoms with Crippen LogP contribution in [-0.2, 0) is 5.41 Å². The number of rotatable bonds is 1. The second kappa shape index (κ2) is 5.55. The molecule has 6 heteroatoms. The molecule has 27 heavy (non-hydrogen) atoms. The molecule has 1 amide bonds. The van der Waals surface area contributed by atoms with Crippen molar-refractivity contribution in [2.75, 3.05) is 13.1 Å². The summed E-state index contributed by atoms with van der Waals surface area (Å²) >= 11 is 0. The number of hydrogen-bond donors (Lipinski definition) is 0. The lowest BCUT2D eigenvalue weighted by atomic mass is 9.74. The highest BCUT2D eigenvalue weighted by molar-refractivity contribution is 5.98. The zero-order chi connectivity index (χ0) is 18.6. The maximum atomic E-state index is 13.4. The van der Waals surface area contributed by atoms with Gasteiger partial charge in [0.25, 0.3) is 5.91 Å². The van der Waals surface area contributed by atoms with Crippen LogP contribution in [0.25, 0.3) is 6.08 Å². The Balaban J connectivity index is 1.37. The minimum absolute atomic E-state index is 0.0430. The second-order valence-electron chi connectivity index (χ2n) is 7.17. The first-order valence-corrected chi connectivity index (χ1v) is 8.94. The number of para-hydroxylation sites is 1. The molecule has 138 valence electrons. The largest absolute Gasteiger partial charge is 0.586 e. The molecular weight excluding hydrogens is 352 g/mol. The Morgan fingerprint density at radius 1 is 1.00 bits per heavy atom. The molecule has 1 aliphatic carbocycles. The van der Waals surface area contributed by atoms with Crippen molar-refractivity contribution in [2.24, 2.45) is 0 Å². The third-order valence-electron chi connectivity index (χ3n) is 5.68. The van der Waals surface area contributed by atoms with Gasteiger partial charge in [-0.2, -0.15) is 0 Å². The summed E-state index contributed by atoms with van der Waals surface area (Å²) in [5.74, 6) is -0.593. The van der Waals surface area contributed by atoms with E-state index in [1.165, 1.54) is 29.3 Å². The second-order valence-corrected chi connectivity index (χ2v) is 7.17. The van der Waals surface area contributed by atoms with E-state index >= 15 is 0 Å². The topological polar surface area (TPSA) is 38.8 Å². The van der Waals surface area contributed by atoms with Crippen molar-refractivity contribution in [1.29, 1.82) is 0 Å². The number of alkyl halides is 2. The Labute approximate surface area is 155 Å². The van der Waals surface area contributed by atoms with Crippen molar-refractivity contribution in [3.8, 4) is 11.5 Å². The van der Waals surface area contributed by atoms with E-state index in [1.807, 2.05) is 12.1 Å². The number of amides is 1. The van der Waals surface area contributed by atoms with Crippen LogP contribution in [0.3, 0.4) is 0 Å². The van der Waals surface area contributed by atoms with Crippen LogP contribution in [0.2, 0.25) is 0 Å². The Kier molecular flexibility index (Phi) is 3.35. The van der Waals surface area contributed by atoms with Gasteiger partial charge < -0.3 is 14.4 Å². The van der Waals surface area contributed by atoms with Crippen LogP contribution in [0.1, 0.15) is 34.3 Å². The van der Waals surface area contributed by atoms with E-state index in [-0.39, 0.29) is 28.4 Å². The van der Waals surface area contributed by atoms with Gasteiger partial charge in [0.15, 0.2) is 11.5 Å². The van der Waals surface area contributed by atoms with Crippen molar-refractivity contribution >= 4 is 12.0 Å². The SMILES string of the molecule is O=C(c1cccc2c1OC(F)(F)O2)N1CCC2(C=Cc3ccccc32)CC1. The zero-order valence-electron chi connectivity index (χ0n) is 14.5. The summed E-state index contributed by atoms with van der Waals surface area (Å²) in [6.45, 7) is 1.11. The van der Waals surface area contributed by atoms with Gasteiger partial charge in [-0.15, -0.1) is 8.78 Å². The van der Waals surface area contributed by atoms with Crippen LogP contribution in [0.15, 0.2) is 48.5 Å². The predicted molar refractivity (Wildman–Crippen MR) is 94.9 cm³/mol. The lowest BCUT2D eigenvalue weighted by Gasteiger charge is -2.39. The Morgan fingerprint density at radius 3 is 2.59 bits per heavy atom. The number of carbonyl (C=O) groups is 1. The van der Waals surface area contributed by atoms with Gasteiger partial charge in [0, 0.05) is 18.5 Å². The highest BCUT2D eigenvalue weighted by Crippen LogP contribution is 2.46. The number of benzene rings is 2. The van der Waals surface area contributed by atoms with Crippen LogP contribution in [0.5, 0.6) is 11.5 Å². The highest BCUT2D eigenvalue weighted by atomic mass is 19.3. The fourth-order valence-electron chi connectivity index (χ4n) is 4.29. The van der Waals surface area contributed by atoms with Crippen LogP contribution >= 0.6 is 0 Å². The molecule has 3 aliphatic rings. The quantitative estimate of drug-likeness (QED) is 0.756. The van der Waals surface area contributed by atoms with E-state index in [1.54, 1.807) is 4.90 Å². The van der Waals surface area contributed by atoms with Crippen molar-refractivity contribution in [2.45, 2.75) is 24.6 Å².